The van der Waals surface area contributed by atoms with Crippen LogP contribution in [0.25, 0.3) is 0 Å². The Labute approximate surface area is 137 Å². The van der Waals surface area contributed by atoms with E-state index in [0.29, 0.717) is 5.69 Å². The van der Waals surface area contributed by atoms with Gasteiger partial charge in [0.1, 0.15) is 17.3 Å². The molecule has 0 radical (unpaired) electrons. The smallest absolute Gasteiger partial charge is 0.257 e. The van der Waals surface area contributed by atoms with Crippen LogP contribution >= 0.6 is 0 Å². The molecule has 6 heteroatoms. The van der Waals surface area contributed by atoms with Crippen molar-refractivity contribution in [2.45, 2.75) is 0 Å². The average Bonchev–Trinajstić information content (AvgIpc) is 2.59. The molecular weight excluding hydrogens is 312 g/mol. The number of rotatable bonds is 4. The lowest BCUT2D eigenvalue weighted by atomic mass is 10.2. The topological polar surface area (TPSA) is 54.0 Å². The number of aromatic nitrogens is 1. The van der Waals surface area contributed by atoms with Gasteiger partial charge in [0, 0.05) is 11.9 Å². The maximum absolute atomic E-state index is 13.6. The Morgan fingerprint density at radius 1 is 0.875 bits per heavy atom. The van der Waals surface area contributed by atoms with Gasteiger partial charge in [0.05, 0.1) is 17.4 Å². The number of para-hydroxylation sites is 2. The summed E-state index contributed by atoms with van der Waals surface area (Å²) >= 11 is 0. The molecule has 0 spiro atoms. The summed E-state index contributed by atoms with van der Waals surface area (Å²) in [6.07, 6.45) is 2.87. The molecule has 0 saturated heterocycles. The molecule has 120 valence electrons. The summed E-state index contributed by atoms with van der Waals surface area (Å²) in [4.78, 5) is 16.2. The minimum Gasteiger partial charge on any atom is -0.354 e. The van der Waals surface area contributed by atoms with E-state index in [0.717, 1.165) is 17.8 Å². The molecule has 0 bridgehead atoms. The van der Waals surface area contributed by atoms with E-state index in [1.807, 2.05) is 30.3 Å². The zero-order valence-electron chi connectivity index (χ0n) is 12.5. The molecule has 2 N–H and O–H groups in total. The van der Waals surface area contributed by atoms with Crippen LogP contribution in [0.3, 0.4) is 0 Å². The summed E-state index contributed by atoms with van der Waals surface area (Å²) in [6.45, 7) is 0. The van der Waals surface area contributed by atoms with E-state index in [4.69, 9.17) is 0 Å². The second-order valence-electron chi connectivity index (χ2n) is 5.00. The lowest BCUT2D eigenvalue weighted by molar-refractivity contribution is 0.102. The first-order chi connectivity index (χ1) is 11.6. The number of nitrogens with one attached hydrogen (secondary N) is 2. The van der Waals surface area contributed by atoms with Crippen LogP contribution in [0.5, 0.6) is 0 Å². The Morgan fingerprint density at radius 3 is 2.29 bits per heavy atom. The summed E-state index contributed by atoms with van der Waals surface area (Å²) in [5, 5.41) is 5.32. The minimum absolute atomic E-state index is 0.179. The Hall–Kier alpha value is -3.28. The second-order valence-corrected chi connectivity index (χ2v) is 5.00. The number of hydrogen-bond donors (Lipinski definition) is 2. The van der Waals surface area contributed by atoms with Gasteiger partial charge in [0.15, 0.2) is 0 Å². The van der Waals surface area contributed by atoms with Crippen LogP contribution in [0.15, 0.2) is 67.0 Å². The first-order valence-electron chi connectivity index (χ1n) is 7.16. The molecule has 0 aliphatic rings. The third kappa shape index (κ3) is 3.55. The lowest BCUT2D eigenvalue weighted by Gasteiger charge is -2.09. The molecule has 4 nitrogen and oxygen atoms in total. The summed E-state index contributed by atoms with van der Waals surface area (Å²) in [7, 11) is 0. The van der Waals surface area contributed by atoms with Crippen LogP contribution in [0.2, 0.25) is 0 Å². The van der Waals surface area contributed by atoms with Gasteiger partial charge >= 0.3 is 0 Å². The highest BCUT2D eigenvalue weighted by atomic mass is 19.1. The quantitative estimate of drug-likeness (QED) is 0.749. The van der Waals surface area contributed by atoms with Gasteiger partial charge in [-0.1, -0.05) is 24.3 Å². The molecule has 0 aliphatic heterocycles. The standard InChI is InChI=1S/C18H13F2N3O/c19-15-7-4-8-16(20)17(15)23-18(24)12-9-14(11-21-10-12)22-13-5-2-1-3-6-13/h1-11,22H,(H,23,24). The summed E-state index contributed by atoms with van der Waals surface area (Å²) in [5.41, 5.74) is 1.11. The molecule has 24 heavy (non-hydrogen) atoms. The van der Waals surface area contributed by atoms with Crippen molar-refractivity contribution in [3.63, 3.8) is 0 Å². The molecule has 1 amide bonds. The Bertz CT molecular complexity index is 849. The third-order valence-corrected chi connectivity index (χ3v) is 3.26. The second kappa shape index (κ2) is 6.87. The summed E-state index contributed by atoms with van der Waals surface area (Å²) < 4.78 is 27.2. The van der Waals surface area contributed by atoms with Crippen LogP contribution in [0.4, 0.5) is 25.8 Å². The fourth-order valence-corrected chi connectivity index (χ4v) is 2.12. The zero-order valence-corrected chi connectivity index (χ0v) is 12.5. The van der Waals surface area contributed by atoms with E-state index in [1.165, 1.54) is 12.3 Å². The number of nitrogens with zero attached hydrogens (tertiary/aromatic N) is 1. The normalized spacial score (nSPS) is 10.2. The Kier molecular flexibility index (Phi) is 4.47. The predicted octanol–water partition coefficient (Wildman–Crippen LogP) is 4.36. The van der Waals surface area contributed by atoms with Crippen molar-refractivity contribution in [3.8, 4) is 0 Å². The van der Waals surface area contributed by atoms with Crippen molar-refractivity contribution in [3.05, 3.63) is 84.2 Å². The molecule has 0 atom stereocenters. The monoisotopic (exact) mass is 325 g/mol. The van der Waals surface area contributed by atoms with E-state index in [1.54, 1.807) is 12.3 Å². The molecule has 3 aromatic rings. The Balaban J connectivity index is 1.80. The van der Waals surface area contributed by atoms with Crippen LogP contribution in [0.1, 0.15) is 10.4 Å². The van der Waals surface area contributed by atoms with Crippen molar-refractivity contribution >= 4 is 23.0 Å². The molecule has 3 rings (SSSR count). The Morgan fingerprint density at radius 2 is 1.58 bits per heavy atom. The lowest BCUT2D eigenvalue weighted by Crippen LogP contribution is -2.14. The fraction of sp³-hybridized carbons (Fsp3) is 0. The van der Waals surface area contributed by atoms with Gasteiger partial charge in [0.2, 0.25) is 0 Å². The van der Waals surface area contributed by atoms with Gasteiger partial charge in [-0.2, -0.15) is 0 Å². The molecular formula is C18H13F2N3O. The number of anilines is 3. The highest BCUT2D eigenvalue weighted by Gasteiger charge is 2.14. The first-order valence-corrected chi connectivity index (χ1v) is 7.16. The summed E-state index contributed by atoms with van der Waals surface area (Å²) in [5.74, 6) is -2.33. The number of hydrogen-bond acceptors (Lipinski definition) is 3. The number of carbonyl (C=O) groups is 1. The van der Waals surface area contributed by atoms with E-state index in [-0.39, 0.29) is 5.56 Å². The van der Waals surface area contributed by atoms with Gasteiger partial charge in [-0.25, -0.2) is 8.78 Å². The van der Waals surface area contributed by atoms with Crippen LogP contribution in [-0.4, -0.2) is 10.9 Å². The van der Waals surface area contributed by atoms with Gasteiger partial charge in [0.25, 0.3) is 5.91 Å². The molecule has 1 heterocycles. The van der Waals surface area contributed by atoms with Crippen molar-refractivity contribution in [2.75, 3.05) is 10.6 Å². The fourth-order valence-electron chi connectivity index (χ4n) is 2.12. The molecule has 1 aromatic heterocycles. The maximum Gasteiger partial charge on any atom is 0.257 e. The molecule has 0 saturated carbocycles. The summed E-state index contributed by atoms with van der Waals surface area (Å²) in [6, 6.07) is 14.3. The highest BCUT2D eigenvalue weighted by molar-refractivity contribution is 6.04. The van der Waals surface area contributed by atoms with Crippen LogP contribution < -0.4 is 10.6 Å². The average molecular weight is 325 g/mol. The van der Waals surface area contributed by atoms with Crippen molar-refractivity contribution < 1.29 is 13.6 Å². The molecule has 0 aliphatic carbocycles. The number of amides is 1. The number of carbonyl (C=O) groups excluding carboxylic acids is 1. The number of benzene rings is 2. The minimum atomic E-state index is -0.838. The number of halogens is 2. The number of pyridine rings is 1. The highest BCUT2D eigenvalue weighted by Crippen LogP contribution is 2.20. The zero-order chi connectivity index (χ0) is 16.9. The van der Waals surface area contributed by atoms with Gasteiger partial charge in [-0.05, 0) is 30.3 Å². The van der Waals surface area contributed by atoms with Crippen LogP contribution in [-0.2, 0) is 0 Å². The first kappa shape index (κ1) is 15.6. The molecule has 2 aromatic carbocycles. The van der Waals surface area contributed by atoms with Crippen molar-refractivity contribution in [1.29, 1.82) is 0 Å². The largest absolute Gasteiger partial charge is 0.354 e. The van der Waals surface area contributed by atoms with E-state index in [9.17, 15) is 13.6 Å². The maximum atomic E-state index is 13.6. The predicted molar refractivity (Wildman–Crippen MR) is 88.3 cm³/mol. The van der Waals surface area contributed by atoms with E-state index in [2.05, 4.69) is 15.6 Å². The van der Waals surface area contributed by atoms with Crippen LogP contribution in [0, 0.1) is 11.6 Å². The van der Waals surface area contributed by atoms with Crippen molar-refractivity contribution in [2.24, 2.45) is 0 Å². The third-order valence-electron chi connectivity index (χ3n) is 3.26. The SMILES string of the molecule is O=C(Nc1c(F)cccc1F)c1cncc(Nc2ccccc2)c1. The van der Waals surface area contributed by atoms with Crippen molar-refractivity contribution in [1.82, 2.24) is 4.98 Å². The van der Waals surface area contributed by atoms with Gasteiger partial charge < -0.3 is 10.6 Å². The van der Waals surface area contributed by atoms with E-state index >= 15 is 0 Å². The molecule has 0 unspecified atom stereocenters. The van der Waals surface area contributed by atoms with Gasteiger partial charge in [-0.15, -0.1) is 0 Å². The molecule has 0 fully saturated rings. The van der Waals surface area contributed by atoms with Gasteiger partial charge in [-0.3, -0.25) is 9.78 Å². The van der Waals surface area contributed by atoms with E-state index < -0.39 is 23.2 Å².